The Kier molecular flexibility index (Phi) is 7.24. The van der Waals surface area contributed by atoms with E-state index in [0.29, 0.717) is 13.2 Å². The SMILES string of the molecule is c1cc(C2=NCCN2)ccc1OCCCCCOc1ccc(-c2cc3ccc(C4=NCCN4)cc3o2)cc1. The summed E-state index contributed by atoms with van der Waals surface area (Å²) in [6, 6.07) is 24.5. The highest BCUT2D eigenvalue weighted by Gasteiger charge is 2.12. The van der Waals surface area contributed by atoms with Crippen molar-refractivity contribution in [2.24, 2.45) is 9.98 Å². The molecule has 0 aliphatic carbocycles. The van der Waals surface area contributed by atoms with Crippen molar-refractivity contribution in [3.05, 3.63) is 83.9 Å². The molecule has 2 aliphatic heterocycles. The lowest BCUT2D eigenvalue weighted by Crippen LogP contribution is -2.19. The maximum atomic E-state index is 6.15. The number of hydrogen-bond donors (Lipinski definition) is 2. The van der Waals surface area contributed by atoms with Gasteiger partial charge < -0.3 is 24.5 Å². The molecule has 0 amide bonds. The molecular formula is C31H32N4O3. The zero-order chi connectivity index (χ0) is 25.6. The van der Waals surface area contributed by atoms with Gasteiger partial charge in [-0.1, -0.05) is 12.1 Å². The van der Waals surface area contributed by atoms with Gasteiger partial charge in [0, 0.05) is 35.2 Å². The fourth-order valence-corrected chi connectivity index (χ4v) is 4.69. The second kappa shape index (κ2) is 11.4. The van der Waals surface area contributed by atoms with Crippen LogP contribution in [0.25, 0.3) is 22.3 Å². The van der Waals surface area contributed by atoms with E-state index in [2.05, 4.69) is 57.0 Å². The quantitative estimate of drug-likeness (QED) is 0.264. The number of rotatable bonds is 11. The van der Waals surface area contributed by atoms with Crippen LogP contribution in [0.1, 0.15) is 30.4 Å². The first-order valence-corrected chi connectivity index (χ1v) is 13.4. The number of ether oxygens (including phenoxy) is 2. The van der Waals surface area contributed by atoms with Crippen LogP contribution in [0.15, 0.2) is 87.2 Å². The second-order valence-corrected chi connectivity index (χ2v) is 9.48. The smallest absolute Gasteiger partial charge is 0.135 e. The molecule has 38 heavy (non-hydrogen) atoms. The molecule has 3 aromatic carbocycles. The topological polar surface area (TPSA) is 80.4 Å². The maximum absolute atomic E-state index is 6.15. The molecule has 6 rings (SSSR count). The van der Waals surface area contributed by atoms with Crippen molar-refractivity contribution in [2.75, 3.05) is 39.4 Å². The maximum Gasteiger partial charge on any atom is 0.135 e. The summed E-state index contributed by atoms with van der Waals surface area (Å²) in [6.45, 7) is 4.88. The lowest BCUT2D eigenvalue weighted by molar-refractivity contribution is 0.279. The zero-order valence-corrected chi connectivity index (χ0v) is 21.4. The highest BCUT2D eigenvalue weighted by atomic mass is 16.5. The van der Waals surface area contributed by atoms with Crippen molar-refractivity contribution in [2.45, 2.75) is 19.3 Å². The lowest BCUT2D eigenvalue weighted by atomic mass is 10.1. The first-order chi connectivity index (χ1) is 18.8. The van der Waals surface area contributed by atoms with Gasteiger partial charge in [0.2, 0.25) is 0 Å². The number of fused-ring (bicyclic) bond motifs is 1. The van der Waals surface area contributed by atoms with E-state index in [1.54, 1.807) is 0 Å². The minimum atomic E-state index is 0.689. The third-order valence-electron chi connectivity index (χ3n) is 6.73. The summed E-state index contributed by atoms with van der Waals surface area (Å²) in [5.41, 5.74) is 4.07. The van der Waals surface area contributed by atoms with Crippen LogP contribution >= 0.6 is 0 Å². The van der Waals surface area contributed by atoms with Crippen LogP contribution in [0.5, 0.6) is 11.5 Å². The fraction of sp³-hybridized carbons (Fsp3) is 0.290. The normalized spacial score (nSPS) is 14.6. The van der Waals surface area contributed by atoms with Crippen LogP contribution in [0.4, 0.5) is 0 Å². The van der Waals surface area contributed by atoms with E-state index in [0.717, 1.165) is 102 Å². The summed E-state index contributed by atoms with van der Waals surface area (Å²) >= 11 is 0. The zero-order valence-electron chi connectivity index (χ0n) is 21.4. The summed E-state index contributed by atoms with van der Waals surface area (Å²) in [5, 5.41) is 7.68. The summed E-state index contributed by atoms with van der Waals surface area (Å²) < 4.78 is 18.0. The average Bonchev–Trinajstić information content (AvgIpc) is 3.75. The Labute approximate surface area is 222 Å². The molecule has 2 aliphatic rings. The largest absolute Gasteiger partial charge is 0.494 e. The van der Waals surface area contributed by atoms with Crippen LogP contribution in [-0.2, 0) is 0 Å². The molecule has 3 heterocycles. The predicted molar refractivity (Wildman–Crippen MR) is 152 cm³/mol. The van der Waals surface area contributed by atoms with Gasteiger partial charge in [-0.3, -0.25) is 9.98 Å². The van der Waals surface area contributed by atoms with E-state index in [-0.39, 0.29) is 0 Å². The number of furan rings is 1. The van der Waals surface area contributed by atoms with E-state index in [1.165, 1.54) is 0 Å². The van der Waals surface area contributed by atoms with Crippen molar-refractivity contribution in [1.82, 2.24) is 10.6 Å². The summed E-state index contributed by atoms with van der Waals surface area (Å²) in [5.74, 6) is 4.53. The Bertz CT molecular complexity index is 1440. The van der Waals surface area contributed by atoms with Crippen LogP contribution in [0.3, 0.4) is 0 Å². The molecule has 0 fully saturated rings. The van der Waals surface area contributed by atoms with Crippen molar-refractivity contribution < 1.29 is 13.9 Å². The molecule has 0 spiro atoms. The van der Waals surface area contributed by atoms with Gasteiger partial charge in [-0.05, 0) is 79.9 Å². The van der Waals surface area contributed by atoms with Gasteiger partial charge in [0.25, 0.3) is 0 Å². The van der Waals surface area contributed by atoms with Gasteiger partial charge in [-0.2, -0.15) is 0 Å². The summed E-state index contributed by atoms with van der Waals surface area (Å²) in [4.78, 5) is 8.94. The molecule has 2 N–H and O–H groups in total. The minimum absolute atomic E-state index is 0.689. The van der Waals surface area contributed by atoms with Crippen molar-refractivity contribution >= 4 is 22.6 Å². The summed E-state index contributed by atoms with van der Waals surface area (Å²) in [6.07, 6.45) is 3.04. The van der Waals surface area contributed by atoms with Gasteiger partial charge in [0.05, 0.1) is 26.3 Å². The Morgan fingerprint density at radius 3 is 1.82 bits per heavy atom. The number of benzene rings is 3. The molecule has 0 unspecified atom stereocenters. The Morgan fingerprint density at radius 1 is 0.632 bits per heavy atom. The number of hydrogen-bond acceptors (Lipinski definition) is 7. The van der Waals surface area contributed by atoms with Gasteiger partial charge >= 0.3 is 0 Å². The lowest BCUT2D eigenvalue weighted by Gasteiger charge is -2.09. The van der Waals surface area contributed by atoms with Crippen LogP contribution in [-0.4, -0.2) is 51.1 Å². The van der Waals surface area contributed by atoms with E-state index in [9.17, 15) is 0 Å². The third-order valence-corrected chi connectivity index (χ3v) is 6.73. The molecule has 194 valence electrons. The second-order valence-electron chi connectivity index (χ2n) is 9.48. The monoisotopic (exact) mass is 508 g/mol. The highest BCUT2D eigenvalue weighted by Crippen LogP contribution is 2.30. The minimum Gasteiger partial charge on any atom is -0.494 e. The molecule has 0 saturated heterocycles. The standard InChI is InChI=1S/C31H32N4O3/c1(3-19-37-27-12-8-23(9-13-27)30-32-14-15-33-30)2-18-36-26-10-6-22(7-11-26)28-20-24-4-5-25(21-29(24)38-28)31-34-16-17-35-31/h4-13,20-21H,1-3,14-19H2,(H,32,33)(H,34,35). The predicted octanol–water partition coefficient (Wildman–Crippen LogP) is 5.43. The molecule has 7 nitrogen and oxygen atoms in total. The first-order valence-electron chi connectivity index (χ1n) is 13.4. The fourth-order valence-electron chi connectivity index (χ4n) is 4.69. The number of aliphatic imine (C=N–C) groups is 2. The van der Waals surface area contributed by atoms with Crippen molar-refractivity contribution in [3.8, 4) is 22.8 Å². The Morgan fingerprint density at radius 2 is 1.21 bits per heavy atom. The summed E-state index contributed by atoms with van der Waals surface area (Å²) in [7, 11) is 0. The van der Waals surface area contributed by atoms with E-state index >= 15 is 0 Å². The average molecular weight is 509 g/mol. The highest BCUT2D eigenvalue weighted by molar-refractivity contribution is 6.02. The van der Waals surface area contributed by atoms with Gasteiger partial charge in [0.1, 0.15) is 34.5 Å². The number of nitrogens with one attached hydrogen (secondary N) is 2. The van der Waals surface area contributed by atoms with E-state index in [4.69, 9.17) is 13.9 Å². The molecule has 0 atom stereocenters. The number of amidine groups is 2. The molecule has 0 radical (unpaired) electrons. The third kappa shape index (κ3) is 5.67. The van der Waals surface area contributed by atoms with Gasteiger partial charge in [0.15, 0.2) is 0 Å². The molecule has 1 aromatic heterocycles. The number of nitrogens with zero attached hydrogens (tertiary/aromatic N) is 2. The Hall–Kier alpha value is -4.26. The van der Waals surface area contributed by atoms with E-state index in [1.807, 2.05) is 36.4 Å². The van der Waals surface area contributed by atoms with Crippen LogP contribution in [0.2, 0.25) is 0 Å². The van der Waals surface area contributed by atoms with Gasteiger partial charge in [-0.25, -0.2) is 0 Å². The van der Waals surface area contributed by atoms with Crippen LogP contribution < -0.4 is 20.1 Å². The van der Waals surface area contributed by atoms with Crippen molar-refractivity contribution in [3.63, 3.8) is 0 Å². The molecule has 0 saturated carbocycles. The van der Waals surface area contributed by atoms with Crippen LogP contribution in [0, 0.1) is 0 Å². The van der Waals surface area contributed by atoms with E-state index < -0.39 is 0 Å². The van der Waals surface area contributed by atoms with Crippen molar-refractivity contribution in [1.29, 1.82) is 0 Å². The van der Waals surface area contributed by atoms with Gasteiger partial charge in [-0.15, -0.1) is 0 Å². The number of unbranched alkanes of at least 4 members (excludes halogenated alkanes) is 2. The first kappa shape index (κ1) is 24.1. The molecular weight excluding hydrogens is 476 g/mol. The Balaban J connectivity index is 0.923. The molecule has 0 bridgehead atoms. The molecule has 7 heteroatoms. The molecule has 4 aromatic rings.